The van der Waals surface area contributed by atoms with Gasteiger partial charge in [-0.1, -0.05) is 19.3 Å². The van der Waals surface area contributed by atoms with Gasteiger partial charge in [-0.15, -0.1) is 0 Å². The highest BCUT2D eigenvalue weighted by molar-refractivity contribution is 6.01. The van der Waals surface area contributed by atoms with Crippen molar-refractivity contribution in [1.82, 2.24) is 20.4 Å². The molecule has 1 spiro atoms. The third kappa shape index (κ3) is 2.54. The van der Waals surface area contributed by atoms with Gasteiger partial charge in [0.15, 0.2) is 0 Å². The number of urea groups is 1. The monoisotopic (exact) mass is 280 g/mol. The Hall–Kier alpha value is -1.14. The van der Waals surface area contributed by atoms with Gasteiger partial charge in [-0.05, 0) is 12.8 Å². The van der Waals surface area contributed by atoms with Crippen LogP contribution in [0.25, 0.3) is 0 Å². The van der Waals surface area contributed by atoms with Crippen molar-refractivity contribution < 1.29 is 9.59 Å². The van der Waals surface area contributed by atoms with Crippen molar-refractivity contribution in [3.05, 3.63) is 0 Å². The van der Waals surface area contributed by atoms with E-state index in [-0.39, 0.29) is 24.0 Å². The van der Waals surface area contributed by atoms with Gasteiger partial charge in [0.25, 0.3) is 0 Å². The number of piperazine rings is 1. The Morgan fingerprint density at radius 3 is 2.60 bits per heavy atom. The number of carbonyl (C=O) groups excluding carboxylic acids is 2. The van der Waals surface area contributed by atoms with Crippen molar-refractivity contribution in [3.8, 4) is 0 Å². The maximum atomic E-state index is 11.6. The average Bonchev–Trinajstić information content (AvgIpc) is 2.78. The van der Waals surface area contributed by atoms with Crippen LogP contribution in [0.1, 0.15) is 32.1 Å². The van der Waals surface area contributed by atoms with E-state index >= 15 is 0 Å². The van der Waals surface area contributed by atoms with E-state index in [4.69, 9.17) is 0 Å². The first kappa shape index (κ1) is 13.8. The predicted octanol–water partition coefficient (Wildman–Crippen LogP) is 0.146. The van der Waals surface area contributed by atoms with Gasteiger partial charge >= 0.3 is 6.03 Å². The predicted molar refractivity (Wildman–Crippen MR) is 75.4 cm³/mol. The highest BCUT2D eigenvalue weighted by Crippen LogP contribution is 2.34. The normalized spacial score (nSPS) is 27.1. The SMILES string of the molecule is O=C1CNC(=O)N1CCN1CCNCC12CCCCC2. The molecule has 1 aliphatic carbocycles. The van der Waals surface area contributed by atoms with Crippen molar-refractivity contribution in [2.24, 2.45) is 0 Å². The third-order valence-corrected chi connectivity index (χ3v) is 5.00. The van der Waals surface area contributed by atoms with E-state index in [1.165, 1.54) is 37.0 Å². The second-order valence-corrected chi connectivity index (χ2v) is 6.15. The molecule has 1 saturated carbocycles. The molecule has 3 amide bonds. The molecule has 0 aromatic heterocycles. The van der Waals surface area contributed by atoms with E-state index in [0.717, 1.165) is 26.2 Å². The summed E-state index contributed by atoms with van der Waals surface area (Å²) in [6.45, 7) is 4.55. The number of amides is 3. The Morgan fingerprint density at radius 2 is 1.90 bits per heavy atom. The summed E-state index contributed by atoms with van der Waals surface area (Å²) >= 11 is 0. The molecular weight excluding hydrogens is 256 g/mol. The molecule has 0 aromatic carbocycles. The van der Waals surface area contributed by atoms with Crippen molar-refractivity contribution in [1.29, 1.82) is 0 Å². The molecule has 3 fully saturated rings. The van der Waals surface area contributed by atoms with Gasteiger partial charge in [-0.3, -0.25) is 14.6 Å². The summed E-state index contributed by atoms with van der Waals surface area (Å²) in [5.74, 6) is -0.0946. The maximum absolute atomic E-state index is 11.6. The van der Waals surface area contributed by atoms with Crippen LogP contribution in [0.15, 0.2) is 0 Å². The number of nitrogens with one attached hydrogen (secondary N) is 2. The van der Waals surface area contributed by atoms with Crippen LogP contribution in [0.3, 0.4) is 0 Å². The summed E-state index contributed by atoms with van der Waals surface area (Å²) in [7, 11) is 0. The molecular formula is C14H24N4O2. The van der Waals surface area contributed by atoms with E-state index in [9.17, 15) is 9.59 Å². The summed E-state index contributed by atoms with van der Waals surface area (Å²) in [6, 6.07) is -0.233. The molecule has 20 heavy (non-hydrogen) atoms. The number of hydrogen-bond donors (Lipinski definition) is 2. The van der Waals surface area contributed by atoms with E-state index in [2.05, 4.69) is 15.5 Å². The van der Waals surface area contributed by atoms with E-state index in [0.29, 0.717) is 6.54 Å². The van der Waals surface area contributed by atoms with Crippen molar-refractivity contribution in [2.75, 3.05) is 39.3 Å². The zero-order valence-corrected chi connectivity index (χ0v) is 12.0. The minimum Gasteiger partial charge on any atom is -0.329 e. The number of carbonyl (C=O) groups is 2. The molecule has 6 nitrogen and oxygen atoms in total. The van der Waals surface area contributed by atoms with Gasteiger partial charge in [0.1, 0.15) is 0 Å². The molecule has 112 valence electrons. The van der Waals surface area contributed by atoms with Gasteiger partial charge in [0.2, 0.25) is 5.91 Å². The maximum Gasteiger partial charge on any atom is 0.324 e. The van der Waals surface area contributed by atoms with Crippen LogP contribution in [-0.2, 0) is 4.79 Å². The molecule has 3 aliphatic rings. The van der Waals surface area contributed by atoms with Crippen LogP contribution in [-0.4, -0.2) is 66.5 Å². The molecule has 0 unspecified atom stereocenters. The molecule has 6 heteroatoms. The quantitative estimate of drug-likeness (QED) is 0.722. The summed E-state index contributed by atoms with van der Waals surface area (Å²) < 4.78 is 0. The lowest BCUT2D eigenvalue weighted by molar-refractivity contribution is -0.125. The molecule has 2 N–H and O–H groups in total. The molecule has 2 aliphatic heterocycles. The van der Waals surface area contributed by atoms with Crippen LogP contribution >= 0.6 is 0 Å². The second kappa shape index (κ2) is 5.69. The smallest absolute Gasteiger partial charge is 0.324 e. The number of rotatable bonds is 3. The number of imide groups is 1. The van der Waals surface area contributed by atoms with Gasteiger partial charge in [-0.25, -0.2) is 4.79 Å². The molecule has 2 saturated heterocycles. The summed E-state index contributed by atoms with van der Waals surface area (Å²) in [6.07, 6.45) is 6.39. The van der Waals surface area contributed by atoms with Crippen molar-refractivity contribution in [2.45, 2.75) is 37.6 Å². The lowest BCUT2D eigenvalue weighted by Crippen LogP contribution is -2.63. The first-order valence-corrected chi connectivity index (χ1v) is 7.75. The molecule has 0 aromatic rings. The highest BCUT2D eigenvalue weighted by atomic mass is 16.2. The Morgan fingerprint density at radius 1 is 1.10 bits per heavy atom. The molecule has 3 rings (SSSR count). The van der Waals surface area contributed by atoms with Crippen LogP contribution in [0, 0.1) is 0 Å². The van der Waals surface area contributed by atoms with Gasteiger partial charge in [-0.2, -0.15) is 0 Å². The van der Waals surface area contributed by atoms with Crippen LogP contribution in [0.5, 0.6) is 0 Å². The van der Waals surface area contributed by atoms with E-state index in [1.54, 1.807) is 0 Å². The lowest BCUT2D eigenvalue weighted by atomic mass is 9.79. The first-order valence-electron chi connectivity index (χ1n) is 7.75. The average molecular weight is 280 g/mol. The zero-order valence-electron chi connectivity index (χ0n) is 12.0. The molecule has 0 atom stereocenters. The summed E-state index contributed by atoms with van der Waals surface area (Å²) in [4.78, 5) is 27.1. The first-order chi connectivity index (χ1) is 9.71. The molecule has 2 heterocycles. The van der Waals surface area contributed by atoms with Crippen LogP contribution < -0.4 is 10.6 Å². The Balaban J connectivity index is 1.62. The molecule has 0 bridgehead atoms. The minimum atomic E-state index is -0.233. The fraction of sp³-hybridized carbons (Fsp3) is 0.857. The Bertz CT molecular complexity index is 368. The van der Waals surface area contributed by atoms with Gasteiger partial charge < -0.3 is 10.6 Å². The third-order valence-electron chi connectivity index (χ3n) is 5.00. The van der Waals surface area contributed by atoms with Gasteiger partial charge in [0, 0.05) is 38.3 Å². The minimum absolute atomic E-state index is 0.0946. The second-order valence-electron chi connectivity index (χ2n) is 6.15. The van der Waals surface area contributed by atoms with Crippen LogP contribution in [0.4, 0.5) is 4.79 Å². The largest absolute Gasteiger partial charge is 0.329 e. The summed E-state index contributed by atoms with van der Waals surface area (Å²) in [5, 5.41) is 6.10. The topological polar surface area (TPSA) is 64.7 Å². The lowest BCUT2D eigenvalue weighted by Gasteiger charge is -2.50. The summed E-state index contributed by atoms with van der Waals surface area (Å²) in [5.41, 5.74) is 0.260. The fourth-order valence-corrected chi connectivity index (χ4v) is 3.84. The van der Waals surface area contributed by atoms with Crippen molar-refractivity contribution in [3.63, 3.8) is 0 Å². The zero-order chi connectivity index (χ0) is 14.0. The Kier molecular flexibility index (Phi) is 3.94. The van der Waals surface area contributed by atoms with E-state index < -0.39 is 0 Å². The van der Waals surface area contributed by atoms with Gasteiger partial charge in [0.05, 0.1) is 6.54 Å². The molecule has 0 radical (unpaired) electrons. The van der Waals surface area contributed by atoms with Crippen molar-refractivity contribution >= 4 is 11.9 Å². The highest BCUT2D eigenvalue weighted by Gasteiger charge is 2.40. The number of hydrogen-bond acceptors (Lipinski definition) is 4. The standard InChI is InChI=1S/C14H24N4O2/c19-12-10-16-13(20)18(12)9-8-17-7-6-15-11-14(17)4-2-1-3-5-14/h15H,1-11H2,(H,16,20). The van der Waals surface area contributed by atoms with Crippen LogP contribution in [0.2, 0.25) is 0 Å². The number of nitrogens with zero attached hydrogens (tertiary/aromatic N) is 2. The van der Waals surface area contributed by atoms with E-state index in [1.807, 2.05) is 0 Å². The Labute approximate surface area is 119 Å². The fourth-order valence-electron chi connectivity index (χ4n) is 3.84.